The number of carbonyl (C=O) groups excluding carboxylic acids is 11. The summed E-state index contributed by atoms with van der Waals surface area (Å²) in [5.74, 6) is 0.0710. The van der Waals surface area contributed by atoms with E-state index in [9.17, 15) is 52.7 Å². The molecule has 1 aromatic rings. The number of hydrogen-bond donors (Lipinski definition) is 25. The highest BCUT2D eigenvalue weighted by Gasteiger charge is 2.23. The molecule has 43 heteroatoms. The smallest absolute Gasteiger partial charge is 0.319 e. The summed E-state index contributed by atoms with van der Waals surface area (Å²) < 4.78 is 0. The van der Waals surface area contributed by atoms with Crippen LogP contribution in [0.1, 0.15) is 211 Å². The second kappa shape index (κ2) is 92.2. The lowest BCUT2D eigenvalue weighted by atomic mass is 10.1. The zero-order valence-corrected chi connectivity index (χ0v) is 87.9. The topological polar surface area (TPSA) is 565 Å². The van der Waals surface area contributed by atoms with E-state index < -0.39 is 0 Å². The number of aliphatic hydroxyl groups is 2. The Balaban J connectivity index is -0.000000264. The van der Waals surface area contributed by atoms with E-state index in [1.807, 2.05) is 149 Å². The zero-order chi connectivity index (χ0) is 103. The number of piperidine rings is 2. The number of likely N-dealkylation sites (N-methyl/N-ethyl adjacent to an activating group) is 3. The summed E-state index contributed by atoms with van der Waals surface area (Å²) in [6.07, 6.45) is 9.22. The van der Waals surface area contributed by atoms with Gasteiger partial charge in [-0.1, -0.05) is 27.7 Å². The number of piperazine rings is 1. The van der Waals surface area contributed by atoms with E-state index in [0.29, 0.717) is 83.4 Å². The maximum atomic E-state index is 11.4. The van der Waals surface area contributed by atoms with Gasteiger partial charge in [0.2, 0.25) is 11.8 Å². The SMILES string of the molecule is CC(=O)N1CCC(NC(=O)NC(C)C)CC1.CC(=O)NCCCNC(=O)NC(C)C.CC(C)NC(=O)NC1CCN(C)CC1.CC(C)NC(=O)NCCCN.CC(C)NC(=O)NCCCO.CC(C)NC(=O)NCCN.CC(C)NC(=O)NCCN(C)C.CC(C)NC(=O)NCCO.CC(C)NC(=O)Nc1ccncc1.CC(C)NCCN(C)C.CC(C)NCCN1CCN(C)CC1. The number of urea groups is 9. The van der Waals surface area contributed by atoms with E-state index in [1.165, 1.54) is 39.6 Å². The standard InChI is InChI=1S/C11H21N3O2.C10H21N3O.C10H23N3.C9H19N3O2.C9H13N3O.C8H19N3O.C7H17N3O.C7H16N2O2.C7H18N2.C6H15N3O.C6H14N2O2/c1-8(2)12-11(16)13-10-4-6-14(7-5-10)9(3)15;1-8(2)11-10(14)12-9-4-6-13(3)7-5-9;1-10(2)11-4-5-13-8-6-12(3)7-9-13;1-7(2)12-9(14)11-6-4-5-10-8(3)13;1-7(2)11-9(13)12-8-3-5-10-6-4-8;1-7(2)10-8(12)9-5-6-11(3)4;1-6(2)10-7(11)9-5-3-4-8;1-6(2)9-7(11)8-4-3-5-10;1-7(2)8-5-6-9(3)4;1-5(2)9-6(10)8-4-3-7;1-5(2)8-6(10)7-3-4-9/h8,10H,4-7H2,1-3H3,(H2,12,13,16);8-9H,4-7H2,1-3H3,(H2,11,12,14);10-11H,4-9H2,1-3H3;7H,4-6H2,1-3H3,(H,10,13)(H2,11,12,14);3-7H,1-2H3,(H2,10,11,12,13);7H,5-6H2,1-4H3,(H2,9,10,12);6H,3-5,8H2,1-2H3,(H2,9,10,11);6,10H,3-5H2,1-2H3,(H2,8,9,11);7-8H,5-6H2,1-4H3;5H,3-4,7H2,1-2H3,(H2,8,9,10);5,9H,3-4H2,1-2H3,(H2,7,8,10). The quantitative estimate of drug-likeness (QED) is 0.0421. The molecule has 0 spiro atoms. The lowest BCUT2D eigenvalue weighted by Gasteiger charge is -2.32. The van der Waals surface area contributed by atoms with Gasteiger partial charge in [-0.15, -0.1) is 0 Å². The van der Waals surface area contributed by atoms with Crippen LogP contribution >= 0.6 is 0 Å². The molecular formula is C90H196N30O13. The maximum absolute atomic E-state index is 11.4. The third-order valence-electron chi connectivity index (χ3n) is 16.7. The van der Waals surface area contributed by atoms with Gasteiger partial charge in [-0.2, -0.15) is 0 Å². The molecule has 0 bridgehead atoms. The van der Waals surface area contributed by atoms with Gasteiger partial charge in [0.25, 0.3) is 0 Å². The minimum absolute atomic E-state index is 0.0223. The molecule has 1 aromatic heterocycles. The molecular weight excluding hydrogens is 1710 g/mol. The molecule has 0 atom stereocenters. The Labute approximate surface area is 802 Å². The van der Waals surface area contributed by atoms with Crippen LogP contribution in [0.2, 0.25) is 0 Å². The summed E-state index contributed by atoms with van der Waals surface area (Å²) in [5, 5.41) is 75.0. The predicted octanol–water partition coefficient (Wildman–Crippen LogP) is 3.82. The highest BCUT2D eigenvalue weighted by atomic mass is 16.3. The van der Waals surface area contributed by atoms with Crippen LogP contribution in [0.15, 0.2) is 24.5 Å². The van der Waals surface area contributed by atoms with E-state index in [0.717, 1.165) is 96.6 Å². The predicted molar refractivity (Wildman–Crippen MR) is 543 cm³/mol. The van der Waals surface area contributed by atoms with Gasteiger partial charge in [0.05, 0.1) is 6.61 Å². The van der Waals surface area contributed by atoms with E-state index >= 15 is 0 Å². The van der Waals surface area contributed by atoms with Crippen molar-refractivity contribution in [2.45, 2.75) is 290 Å². The third-order valence-corrected chi connectivity index (χ3v) is 16.7. The Kier molecular flexibility index (Phi) is 95.0. The van der Waals surface area contributed by atoms with Crippen molar-refractivity contribution in [3.63, 3.8) is 0 Å². The van der Waals surface area contributed by atoms with Crippen molar-refractivity contribution >= 4 is 71.8 Å². The number of likely N-dealkylation sites (tertiary alicyclic amines) is 2. The average Bonchev–Trinajstić information content (AvgIpc) is 0.894. The number of aliphatic hydroxyl groups excluding tert-OH is 2. The van der Waals surface area contributed by atoms with E-state index in [1.54, 1.807) is 31.5 Å². The molecule has 3 fully saturated rings. The number of aromatic nitrogens is 1. The molecule has 3 aliphatic heterocycles. The van der Waals surface area contributed by atoms with Gasteiger partial charge in [0, 0.05) is 241 Å². The van der Waals surface area contributed by atoms with Gasteiger partial charge in [-0.05, 0) is 244 Å². The molecule has 20 amide bonds. The molecule has 0 saturated carbocycles. The van der Waals surface area contributed by atoms with Gasteiger partial charge in [-0.25, -0.2) is 43.2 Å². The van der Waals surface area contributed by atoms with Gasteiger partial charge in [0.1, 0.15) is 0 Å². The van der Waals surface area contributed by atoms with Crippen molar-refractivity contribution in [2.75, 3.05) is 205 Å². The molecule has 27 N–H and O–H groups in total. The third kappa shape index (κ3) is 115. The minimum Gasteiger partial charge on any atom is -0.396 e. The van der Waals surface area contributed by atoms with Crippen LogP contribution in [-0.2, 0) is 9.59 Å². The normalized spacial score (nSPS) is 13.0. The highest BCUT2D eigenvalue weighted by Crippen LogP contribution is 2.11. The second-order valence-corrected chi connectivity index (χ2v) is 35.8. The minimum atomic E-state index is -0.232. The molecule has 0 unspecified atom stereocenters. The first-order valence-corrected chi connectivity index (χ1v) is 47.6. The van der Waals surface area contributed by atoms with E-state index in [-0.39, 0.29) is 140 Å². The molecule has 0 aliphatic carbocycles. The lowest BCUT2D eigenvalue weighted by Crippen LogP contribution is -2.49. The Hall–Kier alpha value is -8.92. The van der Waals surface area contributed by atoms with E-state index in [2.05, 4.69) is 192 Å². The van der Waals surface area contributed by atoms with Gasteiger partial charge in [0.15, 0.2) is 0 Å². The number of nitrogens with two attached hydrogens (primary N) is 2. The van der Waals surface area contributed by atoms with Gasteiger partial charge >= 0.3 is 54.3 Å². The van der Waals surface area contributed by atoms with Crippen molar-refractivity contribution in [1.29, 1.82) is 0 Å². The van der Waals surface area contributed by atoms with Crippen LogP contribution in [0.3, 0.4) is 0 Å². The highest BCUT2D eigenvalue weighted by molar-refractivity contribution is 5.89. The van der Waals surface area contributed by atoms with Crippen LogP contribution in [-0.4, -0.2) is 389 Å². The Morgan fingerprint density at radius 3 is 1.02 bits per heavy atom. The van der Waals surface area contributed by atoms with Crippen LogP contribution in [0.5, 0.6) is 0 Å². The monoisotopic (exact) mass is 1910 g/mol. The number of rotatable bonds is 37. The number of nitrogens with one attached hydrogen (secondary N) is 21. The molecule has 133 heavy (non-hydrogen) atoms. The fourth-order valence-electron chi connectivity index (χ4n) is 10.3. The molecule has 0 aromatic carbocycles. The first-order valence-electron chi connectivity index (χ1n) is 47.6. The molecule has 3 aliphatic rings. The summed E-state index contributed by atoms with van der Waals surface area (Å²) in [5.41, 5.74) is 11.2. The summed E-state index contributed by atoms with van der Waals surface area (Å²) >= 11 is 0. The lowest BCUT2D eigenvalue weighted by molar-refractivity contribution is -0.129. The molecule has 4 rings (SSSR count). The van der Waals surface area contributed by atoms with Gasteiger partial charge in [-0.3, -0.25) is 19.5 Å². The summed E-state index contributed by atoms with van der Waals surface area (Å²) in [6, 6.07) is 5.48. The van der Waals surface area contributed by atoms with Crippen molar-refractivity contribution in [3.05, 3.63) is 24.5 Å². The van der Waals surface area contributed by atoms with Crippen molar-refractivity contribution < 1.29 is 63.0 Å². The Morgan fingerprint density at radius 1 is 0.361 bits per heavy atom. The Morgan fingerprint density at radius 2 is 0.677 bits per heavy atom. The summed E-state index contributed by atoms with van der Waals surface area (Å²) in [7, 11) is 12.4. The van der Waals surface area contributed by atoms with Crippen LogP contribution < -0.4 is 123 Å². The van der Waals surface area contributed by atoms with Crippen LogP contribution in [0, 0.1) is 0 Å². The molecule has 3 saturated heterocycles. The first kappa shape index (κ1) is 137. The van der Waals surface area contributed by atoms with E-state index in [4.69, 9.17) is 21.7 Å². The molecule has 4 heterocycles. The van der Waals surface area contributed by atoms with Crippen LogP contribution in [0.4, 0.5) is 48.8 Å². The number of pyridine rings is 1. The number of carbonyl (C=O) groups is 11. The zero-order valence-electron chi connectivity index (χ0n) is 87.9. The molecule has 784 valence electrons. The van der Waals surface area contributed by atoms with Crippen molar-refractivity contribution in [3.8, 4) is 0 Å². The number of nitrogens with zero attached hydrogens (tertiary/aromatic N) is 7. The fraction of sp³-hybridized carbons (Fsp3) is 0.822. The van der Waals surface area contributed by atoms with Crippen molar-refractivity contribution in [1.82, 2.24) is 141 Å². The number of amides is 20. The molecule has 0 radical (unpaired) electrons. The summed E-state index contributed by atoms with van der Waals surface area (Å²) in [4.78, 5) is 138. The second-order valence-electron chi connectivity index (χ2n) is 35.8. The molecule has 43 nitrogen and oxygen atoms in total. The largest absolute Gasteiger partial charge is 0.396 e. The Bertz CT molecular complexity index is 2920. The number of anilines is 1. The fourth-order valence-corrected chi connectivity index (χ4v) is 10.3. The van der Waals surface area contributed by atoms with Gasteiger partial charge < -0.3 is 158 Å². The van der Waals surface area contributed by atoms with Crippen molar-refractivity contribution in [2.24, 2.45) is 11.5 Å². The van der Waals surface area contributed by atoms with Crippen LogP contribution in [0.25, 0.3) is 0 Å². The maximum Gasteiger partial charge on any atom is 0.319 e. The summed E-state index contributed by atoms with van der Waals surface area (Å²) in [6.45, 7) is 65.2. The average molecular weight is 1910 g/mol. The number of hydrogen-bond acceptors (Lipinski definition) is 23. The first-order chi connectivity index (χ1) is 62.2.